The average Bonchev–Trinajstić information content (AvgIpc) is 2.39. The summed E-state index contributed by atoms with van der Waals surface area (Å²) in [7, 11) is 1.86. The number of likely N-dealkylation sites (N-methyl/N-ethyl adjacent to an activating group) is 1. The molecule has 0 unspecified atom stereocenters. The van der Waals surface area contributed by atoms with Crippen molar-refractivity contribution in [3.8, 4) is 0 Å². The van der Waals surface area contributed by atoms with Gasteiger partial charge < -0.3 is 9.80 Å². The molecule has 0 radical (unpaired) electrons. The highest BCUT2D eigenvalue weighted by atomic mass is 16.2. The van der Waals surface area contributed by atoms with Gasteiger partial charge in [0.25, 0.3) is 0 Å². The molecule has 0 bridgehead atoms. The number of rotatable bonds is 1. The van der Waals surface area contributed by atoms with Crippen LogP contribution in [0.2, 0.25) is 0 Å². The van der Waals surface area contributed by atoms with Crippen molar-refractivity contribution in [1.82, 2.24) is 9.88 Å². The Morgan fingerprint density at radius 2 is 1.64 bits per heavy atom. The van der Waals surface area contributed by atoms with E-state index in [1.165, 1.54) is 5.56 Å². The van der Waals surface area contributed by atoms with Crippen LogP contribution in [0.15, 0.2) is 12.1 Å². The molecule has 0 spiro atoms. The fourth-order valence-electron chi connectivity index (χ4n) is 2.76. The van der Waals surface area contributed by atoms with Crippen molar-refractivity contribution in [3.05, 3.63) is 23.4 Å². The molecule has 1 aromatic rings. The number of nitrogens with zero attached hydrogens (tertiary/aromatic N) is 3. The van der Waals surface area contributed by atoms with Gasteiger partial charge in [-0.1, -0.05) is 47.6 Å². The lowest BCUT2D eigenvalue weighted by molar-refractivity contribution is -0.129. The van der Waals surface area contributed by atoms with Crippen molar-refractivity contribution in [1.29, 1.82) is 0 Å². The van der Waals surface area contributed by atoms with E-state index in [1.54, 1.807) is 4.90 Å². The monoisotopic (exact) mass is 303 g/mol. The molecule has 1 aliphatic rings. The Balaban J connectivity index is 2.42. The molecule has 1 aromatic heterocycles. The maximum atomic E-state index is 11.9. The van der Waals surface area contributed by atoms with Gasteiger partial charge in [-0.2, -0.15) is 0 Å². The molecule has 2 rings (SSSR count). The SMILES string of the molecule is CN1CCN(c2ccc(C(C)(C)C)c(C(C)(C)C)n2)CC1=O. The molecule has 1 fully saturated rings. The Labute approximate surface area is 134 Å². The quantitative estimate of drug-likeness (QED) is 0.800. The Bertz CT molecular complexity index is 567. The van der Waals surface area contributed by atoms with Gasteiger partial charge in [0.1, 0.15) is 5.82 Å². The largest absolute Gasteiger partial charge is 0.346 e. The predicted octanol–water partition coefficient (Wildman–Crippen LogP) is 2.96. The average molecular weight is 303 g/mol. The zero-order chi connectivity index (χ0) is 16.7. The minimum absolute atomic E-state index is 0.0186. The predicted molar refractivity (Wildman–Crippen MR) is 91.5 cm³/mol. The van der Waals surface area contributed by atoms with Crippen molar-refractivity contribution in [2.75, 3.05) is 31.6 Å². The van der Waals surface area contributed by atoms with E-state index in [4.69, 9.17) is 4.98 Å². The molecular formula is C18H29N3O. The first-order valence-corrected chi connectivity index (χ1v) is 8.01. The summed E-state index contributed by atoms with van der Waals surface area (Å²) in [4.78, 5) is 20.8. The van der Waals surface area contributed by atoms with Gasteiger partial charge in [-0.25, -0.2) is 4.98 Å². The molecular weight excluding hydrogens is 274 g/mol. The van der Waals surface area contributed by atoms with Crippen LogP contribution in [0.3, 0.4) is 0 Å². The molecule has 1 amide bonds. The maximum absolute atomic E-state index is 11.9. The second kappa shape index (κ2) is 5.56. The summed E-state index contributed by atoms with van der Waals surface area (Å²) < 4.78 is 0. The fourth-order valence-corrected chi connectivity index (χ4v) is 2.76. The van der Waals surface area contributed by atoms with Gasteiger partial charge >= 0.3 is 0 Å². The third kappa shape index (κ3) is 3.42. The van der Waals surface area contributed by atoms with E-state index in [9.17, 15) is 4.79 Å². The normalized spacial score (nSPS) is 17.1. The summed E-state index contributed by atoms with van der Waals surface area (Å²) >= 11 is 0. The molecule has 0 aliphatic carbocycles. The van der Waals surface area contributed by atoms with Crippen molar-refractivity contribution < 1.29 is 4.79 Å². The van der Waals surface area contributed by atoms with E-state index in [2.05, 4.69) is 58.6 Å². The number of carbonyl (C=O) groups is 1. The molecule has 4 nitrogen and oxygen atoms in total. The van der Waals surface area contributed by atoms with Crippen molar-refractivity contribution in [3.63, 3.8) is 0 Å². The molecule has 1 aliphatic heterocycles. The number of aromatic nitrogens is 1. The van der Waals surface area contributed by atoms with Crippen LogP contribution in [0.5, 0.6) is 0 Å². The zero-order valence-corrected chi connectivity index (χ0v) is 15.0. The highest BCUT2D eigenvalue weighted by Crippen LogP contribution is 2.34. The number of pyridine rings is 1. The van der Waals surface area contributed by atoms with Crippen molar-refractivity contribution in [2.24, 2.45) is 0 Å². The number of hydrogen-bond acceptors (Lipinski definition) is 3. The van der Waals surface area contributed by atoms with Crippen molar-refractivity contribution >= 4 is 11.7 Å². The molecule has 1 saturated heterocycles. The maximum Gasteiger partial charge on any atom is 0.241 e. The summed E-state index contributed by atoms with van der Waals surface area (Å²) in [6.07, 6.45) is 0. The second-order valence-electron chi connectivity index (χ2n) is 8.30. The van der Waals surface area contributed by atoms with Gasteiger partial charge in [-0.05, 0) is 17.0 Å². The number of carbonyl (C=O) groups excluding carboxylic acids is 1. The van der Waals surface area contributed by atoms with E-state index in [-0.39, 0.29) is 16.7 Å². The van der Waals surface area contributed by atoms with Gasteiger partial charge in [0.15, 0.2) is 0 Å². The molecule has 0 saturated carbocycles. The highest BCUT2D eigenvalue weighted by molar-refractivity contribution is 5.82. The first kappa shape index (κ1) is 16.8. The van der Waals surface area contributed by atoms with Gasteiger partial charge in [0.05, 0.1) is 12.2 Å². The summed E-state index contributed by atoms with van der Waals surface area (Å²) in [6.45, 7) is 15.3. The molecule has 22 heavy (non-hydrogen) atoms. The van der Waals surface area contributed by atoms with E-state index >= 15 is 0 Å². The topological polar surface area (TPSA) is 36.4 Å². The number of piperazine rings is 1. The second-order valence-corrected chi connectivity index (χ2v) is 8.30. The zero-order valence-electron chi connectivity index (χ0n) is 15.0. The summed E-state index contributed by atoms with van der Waals surface area (Å²) in [5.74, 6) is 1.07. The highest BCUT2D eigenvalue weighted by Gasteiger charge is 2.29. The van der Waals surface area contributed by atoms with E-state index in [0.717, 1.165) is 24.6 Å². The van der Waals surface area contributed by atoms with Gasteiger partial charge in [0.2, 0.25) is 5.91 Å². The van der Waals surface area contributed by atoms with Gasteiger partial charge in [-0.3, -0.25) is 4.79 Å². The standard InChI is InChI=1S/C18H29N3O/c1-17(2,3)13-8-9-14(19-16(13)18(4,5)6)21-11-10-20(7)15(22)12-21/h8-9H,10-12H2,1-7H3. The molecule has 2 heterocycles. The van der Waals surface area contributed by atoms with Crippen LogP contribution in [0.1, 0.15) is 52.8 Å². The third-order valence-electron chi connectivity index (χ3n) is 4.18. The lowest BCUT2D eigenvalue weighted by atomic mass is 9.78. The number of amides is 1. The van der Waals surface area contributed by atoms with Gasteiger partial charge in [-0.15, -0.1) is 0 Å². The fraction of sp³-hybridized carbons (Fsp3) is 0.667. The first-order valence-electron chi connectivity index (χ1n) is 8.01. The summed E-state index contributed by atoms with van der Waals surface area (Å²) in [6, 6.07) is 4.25. The third-order valence-corrected chi connectivity index (χ3v) is 4.18. The number of anilines is 1. The van der Waals surface area contributed by atoms with Crippen LogP contribution in [0.25, 0.3) is 0 Å². The van der Waals surface area contributed by atoms with Crippen molar-refractivity contribution in [2.45, 2.75) is 52.4 Å². The molecule has 0 N–H and O–H groups in total. The van der Waals surface area contributed by atoms with Crippen LogP contribution >= 0.6 is 0 Å². The lowest BCUT2D eigenvalue weighted by Crippen LogP contribution is -2.49. The van der Waals surface area contributed by atoms with Crippen LogP contribution in [0, 0.1) is 0 Å². The molecule has 0 atom stereocenters. The molecule has 122 valence electrons. The van der Waals surface area contributed by atoms with Crippen LogP contribution in [0.4, 0.5) is 5.82 Å². The van der Waals surface area contributed by atoms with E-state index in [1.807, 2.05) is 7.05 Å². The van der Waals surface area contributed by atoms with E-state index < -0.39 is 0 Å². The lowest BCUT2D eigenvalue weighted by Gasteiger charge is -2.35. The number of hydrogen-bond donors (Lipinski definition) is 0. The van der Waals surface area contributed by atoms with Crippen LogP contribution < -0.4 is 4.90 Å². The Morgan fingerprint density at radius 1 is 1.00 bits per heavy atom. The Kier molecular flexibility index (Phi) is 4.24. The Hall–Kier alpha value is -1.58. The Morgan fingerprint density at radius 3 is 2.14 bits per heavy atom. The summed E-state index contributed by atoms with van der Waals surface area (Å²) in [5, 5.41) is 0. The minimum atomic E-state index is -0.0186. The minimum Gasteiger partial charge on any atom is -0.346 e. The smallest absolute Gasteiger partial charge is 0.241 e. The first-order chi connectivity index (χ1) is 10.00. The van der Waals surface area contributed by atoms with Crippen LogP contribution in [-0.2, 0) is 15.6 Å². The molecule has 4 heteroatoms. The van der Waals surface area contributed by atoms with Crippen LogP contribution in [-0.4, -0.2) is 42.5 Å². The van der Waals surface area contributed by atoms with E-state index in [0.29, 0.717) is 6.54 Å². The van der Waals surface area contributed by atoms with Gasteiger partial charge in [0, 0.05) is 25.6 Å². The summed E-state index contributed by atoms with van der Waals surface area (Å²) in [5.41, 5.74) is 2.45. The molecule has 0 aromatic carbocycles.